The van der Waals surface area contributed by atoms with Crippen LogP contribution in [0.5, 0.6) is 0 Å². The van der Waals surface area contributed by atoms with Gasteiger partial charge in [0.15, 0.2) is 0 Å². The summed E-state index contributed by atoms with van der Waals surface area (Å²) in [7, 11) is 0. The number of nitrogens with one attached hydrogen (secondary N) is 1. The van der Waals surface area contributed by atoms with E-state index in [0.717, 1.165) is 0 Å². The lowest BCUT2D eigenvalue weighted by atomic mass is 9.87. The monoisotopic (exact) mass is 394 g/mol. The number of rotatable bonds is 2. The molecule has 1 N–H and O–H groups in total. The number of hydrogen-bond acceptors (Lipinski definition) is 6. The molecule has 3 rings (SSSR count). The van der Waals surface area contributed by atoms with Gasteiger partial charge >= 0.3 is 6.09 Å². The van der Waals surface area contributed by atoms with Crippen LogP contribution in [0.15, 0.2) is 23.5 Å². The molecule has 1 aromatic heterocycles. The van der Waals surface area contributed by atoms with Crippen molar-refractivity contribution in [2.45, 2.75) is 51.2 Å². The summed E-state index contributed by atoms with van der Waals surface area (Å²) < 4.78 is 5.40. The Morgan fingerprint density at radius 1 is 1.30 bits per heavy atom. The number of nitrogens with zero attached hydrogens (tertiary/aromatic N) is 3. The molecule has 0 unspecified atom stereocenters. The molecule has 0 saturated carbocycles. The van der Waals surface area contributed by atoms with Crippen LogP contribution >= 0.6 is 11.6 Å². The van der Waals surface area contributed by atoms with Gasteiger partial charge in [0.25, 0.3) is 5.91 Å². The van der Waals surface area contributed by atoms with Crippen molar-refractivity contribution in [1.82, 2.24) is 9.88 Å². The molecule has 2 amide bonds. The number of carbonyl (C=O) groups is 2. The molecule has 1 aromatic rings. The van der Waals surface area contributed by atoms with E-state index in [1.807, 2.05) is 20.8 Å². The molecule has 0 aromatic carbocycles. The highest BCUT2D eigenvalue weighted by Gasteiger charge is 2.45. The van der Waals surface area contributed by atoms with Gasteiger partial charge in [-0.3, -0.25) is 4.79 Å². The Bertz CT molecular complexity index is 750. The molecule has 9 heteroatoms. The van der Waals surface area contributed by atoms with Crippen LogP contribution in [0.3, 0.4) is 0 Å². The highest BCUT2D eigenvalue weighted by molar-refractivity contribution is 6.43. The minimum Gasteiger partial charge on any atom is -0.444 e. The predicted molar refractivity (Wildman–Crippen MR) is 101 cm³/mol. The quantitative estimate of drug-likeness (QED) is 0.831. The van der Waals surface area contributed by atoms with Crippen molar-refractivity contribution < 1.29 is 19.2 Å². The summed E-state index contributed by atoms with van der Waals surface area (Å²) in [6.07, 6.45) is 2.70. The first-order valence-corrected chi connectivity index (χ1v) is 9.20. The first-order chi connectivity index (χ1) is 12.7. The summed E-state index contributed by atoms with van der Waals surface area (Å²) in [6.45, 7) is 6.51. The van der Waals surface area contributed by atoms with Crippen LogP contribution in [0, 0.1) is 0 Å². The van der Waals surface area contributed by atoms with E-state index in [2.05, 4.69) is 15.5 Å². The van der Waals surface area contributed by atoms with Crippen LogP contribution in [0.2, 0.25) is 5.02 Å². The van der Waals surface area contributed by atoms with E-state index in [9.17, 15) is 9.59 Å². The highest BCUT2D eigenvalue weighted by atomic mass is 35.5. The number of ether oxygens (including phenoxy) is 1. The number of carbonyl (C=O) groups excluding carboxylic acids is 2. The number of piperidine rings is 1. The first kappa shape index (κ1) is 19.4. The second-order valence-corrected chi connectivity index (χ2v) is 8.21. The van der Waals surface area contributed by atoms with Gasteiger partial charge in [0, 0.05) is 38.5 Å². The molecule has 1 fully saturated rings. The van der Waals surface area contributed by atoms with Crippen LogP contribution < -0.4 is 5.32 Å². The van der Waals surface area contributed by atoms with Crippen molar-refractivity contribution in [2.75, 3.05) is 18.4 Å². The predicted octanol–water partition coefficient (Wildman–Crippen LogP) is 3.22. The normalized spacial score (nSPS) is 18.7. The number of halogens is 1. The number of oxime groups is 1. The Morgan fingerprint density at radius 2 is 2.00 bits per heavy atom. The van der Waals surface area contributed by atoms with E-state index in [1.54, 1.807) is 17.0 Å². The van der Waals surface area contributed by atoms with Crippen molar-refractivity contribution >= 4 is 35.1 Å². The molecule has 2 aliphatic rings. The topological polar surface area (TPSA) is 93.1 Å². The SMILES string of the molecule is CC(C)(C)OC(=O)N1CCC2(CC1)CC(C(=O)Nc1ccc(Cl)cn1)=NO2. The third-order valence-corrected chi connectivity index (χ3v) is 4.62. The molecule has 0 aliphatic carbocycles. The van der Waals surface area contributed by atoms with Crippen molar-refractivity contribution in [2.24, 2.45) is 5.16 Å². The fourth-order valence-electron chi connectivity index (χ4n) is 2.97. The molecule has 146 valence electrons. The van der Waals surface area contributed by atoms with E-state index < -0.39 is 11.2 Å². The van der Waals surface area contributed by atoms with Gasteiger partial charge in [0.2, 0.25) is 0 Å². The minimum atomic E-state index is -0.543. The second kappa shape index (κ2) is 7.34. The molecule has 1 spiro atoms. The second-order valence-electron chi connectivity index (χ2n) is 7.77. The minimum absolute atomic E-state index is 0.317. The van der Waals surface area contributed by atoms with E-state index in [-0.39, 0.29) is 12.0 Å². The zero-order chi connectivity index (χ0) is 19.7. The fourth-order valence-corrected chi connectivity index (χ4v) is 3.08. The molecule has 2 aliphatic heterocycles. The number of aromatic nitrogens is 1. The highest BCUT2D eigenvalue weighted by Crippen LogP contribution is 2.35. The smallest absolute Gasteiger partial charge is 0.410 e. The van der Waals surface area contributed by atoms with Crippen LogP contribution in [0.25, 0.3) is 0 Å². The molecule has 0 bridgehead atoms. The molecule has 1 saturated heterocycles. The Hall–Kier alpha value is -2.35. The van der Waals surface area contributed by atoms with Gasteiger partial charge in [-0.25, -0.2) is 9.78 Å². The average molecular weight is 395 g/mol. The number of likely N-dealkylation sites (tertiary alicyclic amines) is 1. The third kappa shape index (κ3) is 4.88. The van der Waals surface area contributed by atoms with Gasteiger partial charge in [0.1, 0.15) is 22.7 Å². The molecule has 0 radical (unpaired) electrons. The zero-order valence-electron chi connectivity index (χ0n) is 15.6. The van der Waals surface area contributed by atoms with Gasteiger partial charge in [-0.15, -0.1) is 0 Å². The van der Waals surface area contributed by atoms with Crippen LogP contribution in [0.4, 0.5) is 10.6 Å². The van der Waals surface area contributed by atoms with Gasteiger partial charge in [-0.2, -0.15) is 0 Å². The van der Waals surface area contributed by atoms with Crippen molar-refractivity contribution in [3.05, 3.63) is 23.4 Å². The molecule has 8 nitrogen and oxygen atoms in total. The molecule has 27 heavy (non-hydrogen) atoms. The van der Waals surface area contributed by atoms with Crippen molar-refractivity contribution in [1.29, 1.82) is 0 Å². The molecule has 3 heterocycles. The Labute approximate surface area is 162 Å². The summed E-state index contributed by atoms with van der Waals surface area (Å²) in [5.41, 5.74) is -0.754. The van der Waals surface area contributed by atoms with E-state index >= 15 is 0 Å². The Balaban J connectivity index is 1.52. The average Bonchev–Trinajstić information content (AvgIpc) is 3.00. The maximum absolute atomic E-state index is 12.4. The summed E-state index contributed by atoms with van der Waals surface area (Å²) in [5.74, 6) is 0.0454. The Morgan fingerprint density at radius 3 is 2.59 bits per heavy atom. The zero-order valence-corrected chi connectivity index (χ0v) is 16.4. The first-order valence-electron chi connectivity index (χ1n) is 8.82. The Kier molecular flexibility index (Phi) is 5.28. The third-order valence-electron chi connectivity index (χ3n) is 4.40. The van der Waals surface area contributed by atoms with Crippen LogP contribution in [-0.2, 0) is 14.4 Å². The number of pyridine rings is 1. The van der Waals surface area contributed by atoms with Crippen molar-refractivity contribution in [3.63, 3.8) is 0 Å². The van der Waals surface area contributed by atoms with E-state index in [1.165, 1.54) is 6.20 Å². The van der Waals surface area contributed by atoms with E-state index in [4.69, 9.17) is 21.2 Å². The number of hydrogen-bond donors (Lipinski definition) is 1. The standard InChI is InChI=1S/C18H23ClN4O4/c1-17(2,3)26-16(25)23-8-6-18(7-9-23)10-13(22-27-18)15(24)21-14-5-4-12(19)11-20-14/h4-5,11H,6-10H2,1-3H3,(H,20,21,24). The maximum atomic E-state index is 12.4. The van der Waals surface area contributed by atoms with Gasteiger partial charge in [-0.1, -0.05) is 16.8 Å². The van der Waals surface area contributed by atoms with Crippen LogP contribution in [-0.4, -0.2) is 51.9 Å². The van der Waals surface area contributed by atoms with Crippen molar-refractivity contribution in [3.8, 4) is 0 Å². The number of amides is 2. The van der Waals surface area contributed by atoms with Gasteiger partial charge < -0.3 is 19.8 Å². The largest absolute Gasteiger partial charge is 0.444 e. The van der Waals surface area contributed by atoms with E-state index in [0.29, 0.717) is 48.9 Å². The summed E-state index contributed by atoms with van der Waals surface area (Å²) in [4.78, 5) is 35.9. The summed E-state index contributed by atoms with van der Waals surface area (Å²) in [5, 5.41) is 7.14. The lowest BCUT2D eigenvalue weighted by molar-refractivity contribution is -0.110. The number of anilines is 1. The lowest BCUT2D eigenvalue weighted by Gasteiger charge is -2.37. The molecule has 0 atom stereocenters. The summed E-state index contributed by atoms with van der Waals surface area (Å²) in [6, 6.07) is 3.26. The van der Waals surface area contributed by atoms with Crippen LogP contribution in [0.1, 0.15) is 40.0 Å². The molecular weight excluding hydrogens is 372 g/mol. The van der Waals surface area contributed by atoms with Gasteiger partial charge in [0.05, 0.1) is 5.02 Å². The fraction of sp³-hybridized carbons (Fsp3) is 0.556. The lowest BCUT2D eigenvalue weighted by Crippen LogP contribution is -2.48. The van der Waals surface area contributed by atoms with Gasteiger partial charge in [-0.05, 0) is 32.9 Å². The maximum Gasteiger partial charge on any atom is 0.410 e. The molecular formula is C18H23ClN4O4. The summed E-state index contributed by atoms with van der Waals surface area (Å²) >= 11 is 5.79.